The van der Waals surface area contributed by atoms with Crippen molar-refractivity contribution < 1.29 is 9.18 Å². The van der Waals surface area contributed by atoms with E-state index in [4.69, 9.17) is 0 Å². The topological polar surface area (TPSA) is 48.5 Å². The number of rotatable bonds is 4. The number of benzene rings is 2. The zero-order chi connectivity index (χ0) is 19.3. The van der Waals surface area contributed by atoms with E-state index in [-0.39, 0.29) is 11.7 Å². The molecule has 142 valence electrons. The van der Waals surface area contributed by atoms with Crippen LogP contribution in [0.1, 0.15) is 10.4 Å². The van der Waals surface area contributed by atoms with Crippen LogP contribution in [0, 0.1) is 5.82 Å². The van der Waals surface area contributed by atoms with E-state index >= 15 is 0 Å². The molecule has 2 aromatic carbocycles. The SMILES string of the molecule is O=C(c1ccc(Nc2ccccc2)nc1)N1CCN(c2ccc(F)cc2)CC1. The van der Waals surface area contributed by atoms with Crippen LogP contribution in [0.15, 0.2) is 72.9 Å². The molecule has 0 saturated carbocycles. The molecule has 1 aliphatic heterocycles. The van der Waals surface area contributed by atoms with Gasteiger partial charge in [-0.1, -0.05) is 18.2 Å². The number of hydrogen-bond donors (Lipinski definition) is 1. The van der Waals surface area contributed by atoms with Gasteiger partial charge >= 0.3 is 0 Å². The largest absolute Gasteiger partial charge is 0.368 e. The monoisotopic (exact) mass is 376 g/mol. The van der Waals surface area contributed by atoms with E-state index in [1.165, 1.54) is 12.1 Å². The number of halogens is 1. The number of piperazine rings is 1. The zero-order valence-corrected chi connectivity index (χ0v) is 15.4. The molecule has 6 heteroatoms. The van der Waals surface area contributed by atoms with Crippen LogP contribution in [-0.4, -0.2) is 42.0 Å². The van der Waals surface area contributed by atoms with E-state index in [0.717, 1.165) is 24.5 Å². The van der Waals surface area contributed by atoms with Gasteiger partial charge in [-0.05, 0) is 48.5 Å². The molecular weight excluding hydrogens is 355 g/mol. The highest BCUT2D eigenvalue weighted by Gasteiger charge is 2.22. The number of carbonyl (C=O) groups excluding carboxylic acids is 1. The second kappa shape index (κ2) is 8.08. The van der Waals surface area contributed by atoms with Crippen LogP contribution in [0.25, 0.3) is 0 Å². The molecule has 1 aromatic heterocycles. The summed E-state index contributed by atoms with van der Waals surface area (Å²) in [7, 11) is 0. The van der Waals surface area contributed by atoms with Crippen LogP contribution in [0.4, 0.5) is 21.6 Å². The predicted molar refractivity (Wildman–Crippen MR) is 108 cm³/mol. The van der Waals surface area contributed by atoms with Gasteiger partial charge in [-0.2, -0.15) is 0 Å². The number of para-hydroxylation sites is 1. The highest BCUT2D eigenvalue weighted by molar-refractivity contribution is 5.94. The molecule has 1 aliphatic rings. The Labute approximate surface area is 163 Å². The minimum absolute atomic E-state index is 0.0162. The molecule has 1 saturated heterocycles. The summed E-state index contributed by atoms with van der Waals surface area (Å²) in [6, 6.07) is 19.9. The molecule has 1 N–H and O–H groups in total. The van der Waals surface area contributed by atoms with Gasteiger partial charge in [0.15, 0.2) is 0 Å². The van der Waals surface area contributed by atoms with E-state index < -0.39 is 0 Å². The second-order valence-corrected chi connectivity index (χ2v) is 6.68. The fraction of sp³-hybridized carbons (Fsp3) is 0.182. The molecule has 0 atom stereocenters. The van der Waals surface area contributed by atoms with Crippen molar-refractivity contribution >= 4 is 23.1 Å². The molecular formula is C22H21FN4O. The first kappa shape index (κ1) is 18.0. The lowest BCUT2D eigenvalue weighted by Gasteiger charge is -2.36. The summed E-state index contributed by atoms with van der Waals surface area (Å²) in [5, 5.41) is 3.21. The van der Waals surface area contributed by atoms with Crippen LogP contribution in [0.5, 0.6) is 0 Å². The Kier molecular flexibility index (Phi) is 5.19. The first-order valence-electron chi connectivity index (χ1n) is 9.27. The molecule has 0 unspecified atom stereocenters. The highest BCUT2D eigenvalue weighted by Crippen LogP contribution is 2.19. The minimum Gasteiger partial charge on any atom is -0.368 e. The third-order valence-electron chi connectivity index (χ3n) is 4.82. The van der Waals surface area contributed by atoms with E-state index in [0.29, 0.717) is 24.5 Å². The van der Waals surface area contributed by atoms with Crippen molar-refractivity contribution in [1.29, 1.82) is 0 Å². The molecule has 3 aromatic rings. The number of aromatic nitrogens is 1. The summed E-state index contributed by atoms with van der Waals surface area (Å²) >= 11 is 0. The lowest BCUT2D eigenvalue weighted by Crippen LogP contribution is -2.48. The molecule has 1 fully saturated rings. The summed E-state index contributed by atoms with van der Waals surface area (Å²) in [6.45, 7) is 2.69. The third kappa shape index (κ3) is 4.11. The van der Waals surface area contributed by atoms with Crippen molar-refractivity contribution in [3.63, 3.8) is 0 Å². The van der Waals surface area contributed by atoms with E-state index in [1.54, 1.807) is 24.4 Å². The van der Waals surface area contributed by atoms with Gasteiger partial charge < -0.3 is 15.1 Å². The number of anilines is 3. The van der Waals surface area contributed by atoms with Crippen molar-refractivity contribution in [2.45, 2.75) is 0 Å². The van der Waals surface area contributed by atoms with Gasteiger partial charge in [0, 0.05) is 43.8 Å². The lowest BCUT2D eigenvalue weighted by atomic mass is 10.2. The molecule has 0 spiro atoms. The Balaban J connectivity index is 1.35. The average Bonchev–Trinajstić information content (AvgIpc) is 2.75. The van der Waals surface area contributed by atoms with Crippen molar-refractivity contribution in [3.05, 3.63) is 84.3 Å². The molecule has 4 rings (SSSR count). The Hall–Kier alpha value is -3.41. The average molecular weight is 376 g/mol. The standard InChI is InChI=1S/C22H21FN4O/c23-18-7-9-20(10-8-18)26-12-14-27(15-13-26)22(28)17-6-11-21(24-16-17)25-19-4-2-1-3-5-19/h1-11,16H,12-15H2,(H,24,25). The van der Waals surface area contributed by atoms with Crippen molar-refractivity contribution in [1.82, 2.24) is 9.88 Å². The Bertz CT molecular complexity index is 921. The molecule has 28 heavy (non-hydrogen) atoms. The van der Waals surface area contributed by atoms with Gasteiger partial charge in [-0.15, -0.1) is 0 Å². The fourth-order valence-corrected chi connectivity index (χ4v) is 3.27. The Morgan fingerprint density at radius 3 is 2.25 bits per heavy atom. The van der Waals surface area contributed by atoms with Gasteiger partial charge in [0.05, 0.1) is 5.56 Å². The lowest BCUT2D eigenvalue weighted by molar-refractivity contribution is 0.0746. The summed E-state index contributed by atoms with van der Waals surface area (Å²) in [4.78, 5) is 21.1. The van der Waals surface area contributed by atoms with Gasteiger partial charge in [0.1, 0.15) is 11.6 Å². The minimum atomic E-state index is -0.240. The first-order valence-corrected chi connectivity index (χ1v) is 9.27. The van der Waals surface area contributed by atoms with E-state index in [9.17, 15) is 9.18 Å². The quantitative estimate of drug-likeness (QED) is 0.750. The maximum atomic E-state index is 13.1. The van der Waals surface area contributed by atoms with Crippen molar-refractivity contribution in [2.24, 2.45) is 0 Å². The van der Waals surface area contributed by atoms with Crippen LogP contribution in [0.3, 0.4) is 0 Å². The predicted octanol–water partition coefficient (Wildman–Crippen LogP) is 3.93. The Morgan fingerprint density at radius 2 is 1.61 bits per heavy atom. The van der Waals surface area contributed by atoms with Crippen molar-refractivity contribution in [3.8, 4) is 0 Å². The second-order valence-electron chi connectivity index (χ2n) is 6.68. The Morgan fingerprint density at radius 1 is 0.893 bits per heavy atom. The third-order valence-corrected chi connectivity index (χ3v) is 4.82. The van der Waals surface area contributed by atoms with Gasteiger partial charge in [0.2, 0.25) is 0 Å². The van der Waals surface area contributed by atoms with Gasteiger partial charge in [-0.3, -0.25) is 4.79 Å². The summed E-state index contributed by atoms with van der Waals surface area (Å²) in [6.07, 6.45) is 1.61. The van der Waals surface area contributed by atoms with E-state index in [1.807, 2.05) is 41.3 Å². The zero-order valence-electron chi connectivity index (χ0n) is 15.4. The summed E-state index contributed by atoms with van der Waals surface area (Å²) < 4.78 is 13.1. The first-order chi connectivity index (χ1) is 13.7. The number of nitrogens with one attached hydrogen (secondary N) is 1. The molecule has 2 heterocycles. The van der Waals surface area contributed by atoms with Crippen LogP contribution in [-0.2, 0) is 0 Å². The number of hydrogen-bond acceptors (Lipinski definition) is 4. The van der Waals surface area contributed by atoms with Gasteiger partial charge in [-0.25, -0.2) is 9.37 Å². The molecule has 0 aliphatic carbocycles. The summed E-state index contributed by atoms with van der Waals surface area (Å²) in [5.41, 5.74) is 2.51. The molecule has 0 radical (unpaired) electrons. The molecule has 1 amide bonds. The van der Waals surface area contributed by atoms with Gasteiger partial charge in [0.25, 0.3) is 5.91 Å². The molecule has 5 nitrogen and oxygen atoms in total. The number of amides is 1. The molecule has 0 bridgehead atoms. The normalized spacial score (nSPS) is 14.0. The smallest absolute Gasteiger partial charge is 0.255 e. The van der Waals surface area contributed by atoms with E-state index in [2.05, 4.69) is 15.2 Å². The van der Waals surface area contributed by atoms with Crippen LogP contribution >= 0.6 is 0 Å². The fourth-order valence-electron chi connectivity index (χ4n) is 3.27. The van der Waals surface area contributed by atoms with Crippen LogP contribution in [0.2, 0.25) is 0 Å². The van der Waals surface area contributed by atoms with Crippen molar-refractivity contribution in [2.75, 3.05) is 36.4 Å². The maximum absolute atomic E-state index is 13.1. The number of pyridine rings is 1. The highest BCUT2D eigenvalue weighted by atomic mass is 19.1. The van der Waals surface area contributed by atoms with Crippen LogP contribution < -0.4 is 10.2 Å². The number of nitrogens with zero attached hydrogens (tertiary/aromatic N) is 3. The summed E-state index contributed by atoms with van der Waals surface area (Å²) in [5.74, 6) is 0.441. The number of carbonyl (C=O) groups is 1. The maximum Gasteiger partial charge on any atom is 0.255 e.